The Kier molecular flexibility index (Phi) is 3.70. The highest BCUT2D eigenvalue weighted by Crippen LogP contribution is 2.25. The minimum absolute atomic E-state index is 0.642. The first-order chi connectivity index (χ1) is 7.77. The average Bonchev–Trinajstić information content (AvgIpc) is 2.53. The molecular formula is C14H22N2. The Hall–Kier alpha value is -1.18. The third-order valence-corrected chi connectivity index (χ3v) is 3.59. The van der Waals surface area contributed by atoms with Gasteiger partial charge in [0.2, 0.25) is 0 Å². The largest absolute Gasteiger partial charge is 0.398 e. The van der Waals surface area contributed by atoms with E-state index in [1.165, 1.54) is 49.8 Å². The van der Waals surface area contributed by atoms with E-state index in [0.717, 1.165) is 5.69 Å². The fraction of sp³-hybridized carbons (Fsp3) is 0.571. The van der Waals surface area contributed by atoms with Gasteiger partial charge < -0.3 is 11.1 Å². The van der Waals surface area contributed by atoms with Crippen LogP contribution in [0.2, 0.25) is 0 Å². The lowest BCUT2D eigenvalue weighted by Gasteiger charge is -2.19. The summed E-state index contributed by atoms with van der Waals surface area (Å²) < 4.78 is 0. The molecule has 0 spiro atoms. The van der Waals surface area contributed by atoms with Crippen LogP contribution in [0.3, 0.4) is 0 Å². The maximum atomic E-state index is 5.92. The number of nitrogen functional groups attached to an aromatic ring is 1. The monoisotopic (exact) mass is 218 g/mol. The van der Waals surface area contributed by atoms with E-state index in [-0.39, 0.29) is 0 Å². The number of hydrogen-bond donors (Lipinski definition) is 2. The lowest BCUT2D eigenvalue weighted by atomic mass is 10.1. The fourth-order valence-corrected chi connectivity index (χ4v) is 2.45. The Morgan fingerprint density at radius 1 is 1.12 bits per heavy atom. The molecule has 0 amide bonds. The number of anilines is 2. The van der Waals surface area contributed by atoms with E-state index in [1.807, 2.05) is 12.1 Å². The van der Waals surface area contributed by atoms with Gasteiger partial charge in [0, 0.05) is 17.4 Å². The van der Waals surface area contributed by atoms with Crippen LogP contribution in [0.1, 0.15) is 44.1 Å². The Labute approximate surface area is 98.2 Å². The van der Waals surface area contributed by atoms with Crippen LogP contribution < -0.4 is 11.1 Å². The molecule has 3 N–H and O–H groups in total. The number of nitrogens with two attached hydrogens (primary N) is 1. The Bertz CT molecular complexity index is 339. The zero-order valence-corrected chi connectivity index (χ0v) is 10.1. The standard InChI is InChI=1S/C14H22N2/c1-11-13(15)9-6-10-14(11)16-12-7-4-2-3-5-8-12/h6,9-10,12,16H,2-5,7-8,15H2,1H3. The van der Waals surface area contributed by atoms with Crippen LogP contribution in [-0.2, 0) is 0 Å². The van der Waals surface area contributed by atoms with Crippen molar-refractivity contribution in [2.24, 2.45) is 0 Å². The van der Waals surface area contributed by atoms with Crippen LogP contribution in [0, 0.1) is 6.92 Å². The van der Waals surface area contributed by atoms with Crippen LogP contribution in [-0.4, -0.2) is 6.04 Å². The summed E-state index contributed by atoms with van der Waals surface area (Å²) in [5, 5.41) is 3.65. The predicted molar refractivity (Wildman–Crippen MR) is 70.7 cm³/mol. The topological polar surface area (TPSA) is 38.0 Å². The van der Waals surface area contributed by atoms with Crippen LogP contribution >= 0.6 is 0 Å². The van der Waals surface area contributed by atoms with Crippen molar-refractivity contribution in [1.82, 2.24) is 0 Å². The van der Waals surface area contributed by atoms with E-state index in [9.17, 15) is 0 Å². The maximum absolute atomic E-state index is 5.92. The first kappa shape index (κ1) is 11.3. The van der Waals surface area contributed by atoms with Crippen molar-refractivity contribution >= 4 is 11.4 Å². The molecule has 0 radical (unpaired) electrons. The SMILES string of the molecule is Cc1c(N)cccc1NC1CCCCCC1. The maximum Gasteiger partial charge on any atom is 0.0392 e. The van der Waals surface area contributed by atoms with Gasteiger partial charge in [0.05, 0.1) is 0 Å². The zero-order valence-electron chi connectivity index (χ0n) is 10.1. The van der Waals surface area contributed by atoms with Gasteiger partial charge in [-0.15, -0.1) is 0 Å². The highest BCUT2D eigenvalue weighted by Gasteiger charge is 2.12. The Morgan fingerprint density at radius 3 is 2.50 bits per heavy atom. The number of hydrogen-bond acceptors (Lipinski definition) is 2. The molecule has 16 heavy (non-hydrogen) atoms. The second-order valence-corrected chi connectivity index (χ2v) is 4.85. The quantitative estimate of drug-likeness (QED) is 0.586. The molecule has 0 aromatic heterocycles. The van der Waals surface area contributed by atoms with Crippen molar-refractivity contribution in [1.29, 1.82) is 0 Å². The smallest absolute Gasteiger partial charge is 0.0392 e. The third-order valence-electron chi connectivity index (χ3n) is 3.59. The van der Waals surface area contributed by atoms with Gasteiger partial charge in [-0.3, -0.25) is 0 Å². The molecule has 2 heteroatoms. The van der Waals surface area contributed by atoms with Gasteiger partial charge >= 0.3 is 0 Å². The molecule has 0 saturated heterocycles. The second kappa shape index (κ2) is 5.24. The van der Waals surface area contributed by atoms with Crippen molar-refractivity contribution in [3.8, 4) is 0 Å². The van der Waals surface area contributed by atoms with Crippen LogP contribution in [0.5, 0.6) is 0 Å². The molecule has 1 aliphatic carbocycles. The summed E-state index contributed by atoms with van der Waals surface area (Å²) in [7, 11) is 0. The van der Waals surface area contributed by atoms with Crippen molar-refractivity contribution < 1.29 is 0 Å². The summed E-state index contributed by atoms with van der Waals surface area (Å²) in [5.74, 6) is 0. The summed E-state index contributed by atoms with van der Waals surface area (Å²) >= 11 is 0. The molecule has 1 aromatic carbocycles. The van der Waals surface area contributed by atoms with Crippen molar-refractivity contribution in [3.05, 3.63) is 23.8 Å². The molecule has 1 aromatic rings. The number of rotatable bonds is 2. The normalized spacial score (nSPS) is 18.1. The Balaban J connectivity index is 2.04. The van der Waals surface area contributed by atoms with Gasteiger partial charge in [0.1, 0.15) is 0 Å². The van der Waals surface area contributed by atoms with Gasteiger partial charge in [-0.2, -0.15) is 0 Å². The van der Waals surface area contributed by atoms with E-state index in [1.54, 1.807) is 0 Å². The van der Waals surface area contributed by atoms with E-state index in [4.69, 9.17) is 5.73 Å². The number of nitrogens with one attached hydrogen (secondary N) is 1. The van der Waals surface area contributed by atoms with E-state index in [2.05, 4.69) is 18.3 Å². The molecule has 1 fully saturated rings. The van der Waals surface area contributed by atoms with E-state index < -0.39 is 0 Å². The zero-order chi connectivity index (χ0) is 11.4. The van der Waals surface area contributed by atoms with Gasteiger partial charge in [-0.25, -0.2) is 0 Å². The summed E-state index contributed by atoms with van der Waals surface area (Å²) in [4.78, 5) is 0. The van der Waals surface area contributed by atoms with Gasteiger partial charge in [-0.1, -0.05) is 31.7 Å². The molecule has 0 atom stereocenters. The van der Waals surface area contributed by atoms with Crippen molar-refractivity contribution in [2.75, 3.05) is 11.1 Å². The first-order valence-electron chi connectivity index (χ1n) is 6.39. The molecule has 88 valence electrons. The van der Waals surface area contributed by atoms with Crippen molar-refractivity contribution in [2.45, 2.75) is 51.5 Å². The highest BCUT2D eigenvalue weighted by atomic mass is 14.9. The van der Waals surface area contributed by atoms with Crippen molar-refractivity contribution in [3.63, 3.8) is 0 Å². The molecule has 1 aliphatic rings. The van der Waals surface area contributed by atoms with Crippen LogP contribution in [0.4, 0.5) is 11.4 Å². The van der Waals surface area contributed by atoms with Gasteiger partial charge in [-0.05, 0) is 37.5 Å². The lowest BCUT2D eigenvalue weighted by molar-refractivity contribution is 0.619. The third kappa shape index (κ3) is 2.69. The fourth-order valence-electron chi connectivity index (χ4n) is 2.45. The lowest BCUT2D eigenvalue weighted by Crippen LogP contribution is -2.19. The minimum atomic E-state index is 0.642. The van der Waals surface area contributed by atoms with E-state index >= 15 is 0 Å². The summed E-state index contributed by atoms with van der Waals surface area (Å²) in [6, 6.07) is 6.77. The minimum Gasteiger partial charge on any atom is -0.398 e. The molecule has 0 bridgehead atoms. The van der Waals surface area contributed by atoms with Crippen LogP contribution in [0.25, 0.3) is 0 Å². The molecular weight excluding hydrogens is 196 g/mol. The predicted octanol–water partition coefficient (Wildman–Crippen LogP) is 3.71. The number of benzene rings is 1. The molecule has 0 aliphatic heterocycles. The Morgan fingerprint density at radius 2 is 1.81 bits per heavy atom. The molecule has 1 saturated carbocycles. The van der Waals surface area contributed by atoms with Gasteiger partial charge in [0.15, 0.2) is 0 Å². The van der Waals surface area contributed by atoms with Gasteiger partial charge in [0.25, 0.3) is 0 Å². The summed E-state index contributed by atoms with van der Waals surface area (Å²) in [6.45, 7) is 2.09. The average molecular weight is 218 g/mol. The second-order valence-electron chi connectivity index (χ2n) is 4.85. The highest BCUT2D eigenvalue weighted by molar-refractivity contribution is 5.63. The van der Waals surface area contributed by atoms with E-state index in [0.29, 0.717) is 6.04 Å². The molecule has 0 unspecified atom stereocenters. The summed E-state index contributed by atoms with van der Waals surface area (Å²) in [5.41, 5.74) is 9.21. The molecule has 2 rings (SSSR count). The molecule has 0 heterocycles. The summed E-state index contributed by atoms with van der Waals surface area (Å²) in [6.07, 6.45) is 8.11. The first-order valence-corrected chi connectivity index (χ1v) is 6.39. The van der Waals surface area contributed by atoms with Crippen LogP contribution in [0.15, 0.2) is 18.2 Å². The molecule has 2 nitrogen and oxygen atoms in total.